The molecule has 0 amide bonds. The molecule has 1 heterocycles. The number of carboxylic acid groups (broad SMARTS) is 1. The summed E-state index contributed by atoms with van der Waals surface area (Å²) >= 11 is 1.71. The Morgan fingerprint density at radius 2 is 2.33 bits per heavy atom. The van der Waals surface area contributed by atoms with Crippen molar-refractivity contribution in [2.24, 2.45) is 5.92 Å². The van der Waals surface area contributed by atoms with E-state index in [-0.39, 0.29) is 5.56 Å². The molecule has 0 unspecified atom stereocenters. The van der Waals surface area contributed by atoms with Crippen LogP contribution in [0.25, 0.3) is 0 Å². The Morgan fingerprint density at radius 1 is 1.53 bits per heavy atom. The molecular formula is C11H13NO2S. The van der Waals surface area contributed by atoms with Crippen LogP contribution in [0, 0.1) is 5.92 Å². The molecule has 1 aromatic heterocycles. The number of thioether (sulfide) groups is 1. The molecule has 0 atom stereocenters. The fourth-order valence-corrected chi connectivity index (χ4v) is 2.28. The molecule has 1 fully saturated rings. The third kappa shape index (κ3) is 3.23. The van der Waals surface area contributed by atoms with E-state index >= 15 is 0 Å². The van der Waals surface area contributed by atoms with Gasteiger partial charge in [0.15, 0.2) is 0 Å². The van der Waals surface area contributed by atoms with E-state index in [1.807, 2.05) is 0 Å². The lowest BCUT2D eigenvalue weighted by molar-refractivity contribution is 0.0696. The van der Waals surface area contributed by atoms with Crippen molar-refractivity contribution >= 4 is 17.7 Å². The quantitative estimate of drug-likeness (QED) is 0.780. The third-order valence-electron chi connectivity index (χ3n) is 2.46. The van der Waals surface area contributed by atoms with Gasteiger partial charge in [0.2, 0.25) is 0 Å². The van der Waals surface area contributed by atoms with Gasteiger partial charge in [0.05, 0.1) is 10.6 Å². The molecular weight excluding hydrogens is 210 g/mol. The number of hydrogen-bond acceptors (Lipinski definition) is 3. The second-order valence-corrected chi connectivity index (χ2v) is 4.89. The van der Waals surface area contributed by atoms with Crippen LogP contribution in [-0.4, -0.2) is 21.8 Å². The van der Waals surface area contributed by atoms with Crippen molar-refractivity contribution in [2.45, 2.75) is 24.3 Å². The van der Waals surface area contributed by atoms with Gasteiger partial charge in [-0.05, 0) is 30.2 Å². The van der Waals surface area contributed by atoms with E-state index in [4.69, 9.17) is 5.11 Å². The van der Waals surface area contributed by atoms with Gasteiger partial charge in [0.25, 0.3) is 0 Å². The van der Waals surface area contributed by atoms with Crippen molar-refractivity contribution in [1.29, 1.82) is 0 Å². The summed E-state index contributed by atoms with van der Waals surface area (Å²) in [4.78, 5) is 14.7. The van der Waals surface area contributed by atoms with Crippen molar-refractivity contribution in [3.8, 4) is 0 Å². The summed E-state index contributed by atoms with van der Waals surface area (Å²) in [6, 6.07) is 3.38. The van der Waals surface area contributed by atoms with Crippen LogP contribution in [0.3, 0.4) is 0 Å². The number of aromatic nitrogens is 1. The Balaban J connectivity index is 1.83. The SMILES string of the molecule is O=C(O)c1ccc(SCCC2CC2)nc1. The number of hydrogen-bond donors (Lipinski definition) is 1. The van der Waals surface area contributed by atoms with Gasteiger partial charge >= 0.3 is 5.97 Å². The number of aromatic carboxylic acids is 1. The molecule has 15 heavy (non-hydrogen) atoms. The van der Waals surface area contributed by atoms with Crippen molar-refractivity contribution < 1.29 is 9.90 Å². The van der Waals surface area contributed by atoms with Crippen LogP contribution in [0.15, 0.2) is 23.4 Å². The van der Waals surface area contributed by atoms with Crippen LogP contribution in [0.5, 0.6) is 0 Å². The maximum atomic E-state index is 10.6. The predicted octanol–water partition coefficient (Wildman–Crippen LogP) is 2.67. The van der Waals surface area contributed by atoms with E-state index in [0.29, 0.717) is 0 Å². The van der Waals surface area contributed by atoms with E-state index < -0.39 is 5.97 Å². The molecule has 1 aromatic rings. The summed E-state index contributed by atoms with van der Waals surface area (Å²) < 4.78 is 0. The van der Waals surface area contributed by atoms with Gasteiger partial charge in [-0.15, -0.1) is 11.8 Å². The Hall–Kier alpha value is -1.03. The molecule has 1 aliphatic carbocycles. The maximum absolute atomic E-state index is 10.6. The first-order chi connectivity index (χ1) is 7.25. The van der Waals surface area contributed by atoms with Gasteiger partial charge < -0.3 is 5.11 Å². The normalized spacial score (nSPS) is 15.2. The second-order valence-electron chi connectivity index (χ2n) is 3.77. The summed E-state index contributed by atoms with van der Waals surface area (Å²) in [6.07, 6.45) is 5.44. The van der Waals surface area contributed by atoms with E-state index in [2.05, 4.69) is 4.98 Å². The zero-order valence-corrected chi connectivity index (χ0v) is 9.17. The fraction of sp³-hybridized carbons (Fsp3) is 0.455. The highest BCUT2D eigenvalue weighted by atomic mass is 32.2. The molecule has 1 aliphatic rings. The summed E-state index contributed by atoms with van der Waals surface area (Å²) in [7, 11) is 0. The zero-order chi connectivity index (χ0) is 10.7. The first-order valence-corrected chi connectivity index (χ1v) is 6.06. The summed E-state index contributed by atoms with van der Waals surface area (Å²) in [5, 5.41) is 9.60. The monoisotopic (exact) mass is 223 g/mol. The largest absolute Gasteiger partial charge is 0.478 e. The van der Waals surface area contributed by atoms with E-state index in [0.717, 1.165) is 16.7 Å². The van der Waals surface area contributed by atoms with E-state index in [1.54, 1.807) is 23.9 Å². The van der Waals surface area contributed by atoms with E-state index in [1.165, 1.54) is 25.5 Å². The lowest BCUT2D eigenvalue weighted by Gasteiger charge is -2.00. The maximum Gasteiger partial charge on any atom is 0.337 e. The standard InChI is InChI=1S/C11H13NO2S/c13-11(14)9-3-4-10(12-7-9)15-6-5-8-1-2-8/h3-4,7-8H,1-2,5-6H2,(H,13,14). The highest BCUT2D eigenvalue weighted by Crippen LogP contribution is 2.34. The molecule has 3 nitrogen and oxygen atoms in total. The van der Waals surface area contributed by atoms with Crippen LogP contribution >= 0.6 is 11.8 Å². The predicted molar refractivity (Wildman–Crippen MR) is 59.3 cm³/mol. The molecule has 0 bridgehead atoms. The van der Waals surface area contributed by atoms with Crippen molar-refractivity contribution in [1.82, 2.24) is 4.98 Å². The number of pyridine rings is 1. The van der Waals surface area contributed by atoms with Crippen LogP contribution in [0.2, 0.25) is 0 Å². The molecule has 0 aliphatic heterocycles. The molecule has 4 heteroatoms. The van der Waals surface area contributed by atoms with Crippen molar-refractivity contribution in [2.75, 3.05) is 5.75 Å². The average molecular weight is 223 g/mol. The fourth-order valence-electron chi connectivity index (χ4n) is 1.33. The molecule has 80 valence electrons. The molecule has 2 rings (SSSR count). The highest BCUT2D eigenvalue weighted by Gasteiger charge is 2.20. The molecule has 0 radical (unpaired) electrons. The van der Waals surface area contributed by atoms with Crippen LogP contribution in [0.1, 0.15) is 29.6 Å². The third-order valence-corrected chi connectivity index (χ3v) is 3.43. The van der Waals surface area contributed by atoms with Gasteiger partial charge in [-0.25, -0.2) is 9.78 Å². The van der Waals surface area contributed by atoms with Gasteiger partial charge in [-0.2, -0.15) is 0 Å². The Labute approximate surface area is 92.9 Å². The van der Waals surface area contributed by atoms with Crippen LogP contribution in [-0.2, 0) is 0 Å². The lowest BCUT2D eigenvalue weighted by atomic mass is 10.3. The molecule has 1 saturated carbocycles. The lowest BCUT2D eigenvalue weighted by Crippen LogP contribution is -1.96. The van der Waals surface area contributed by atoms with Gasteiger partial charge in [-0.1, -0.05) is 12.8 Å². The van der Waals surface area contributed by atoms with Gasteiger partial charge in [0, 0.05) is 6.20 Å². The minimum absolute atomic E-state index is 0.251. The smallest absolute Gasteiger partial charge is 0.337 e. The minimum Gasteiger partial charge on any atom is -0.478 e. The topological polar surface area (TPSA) is 50.2 Å². The van der Waals surface area contributed by atoms with Crippen LogP contribution < -0.4 is 0 Å². The summed E-state index contributed by atoms with van der Waals surface area (Å²) in [5.74, 6) is 1.11. The van der Waals surface area contributed by atoms with Crippen molar-refractivity contribution in [3.05, 3.63) is 23.9 Å². The van der Waals surface area contributed by atoms with Crippen molar-refractivity contribution in [3.63, 3.8) is 0 Å². The first kappa shape index (κ1) is 10.5. The highest BCUT2D eigenvalue weighted by molar-refractivity contribution is 7.99. The zero-order valence-electron chi connectivity index (χ0n) is 8.35. The Bertz CT molecular complexity index is 346. The second kappa shape index (κ2) is 4.66. The number of carbonyl (C=O) groups is 1. The van der Waals surface area contributed by atoms with Gasteiger partial charge in [-0.3, -0.25) is 0 Å². The molecule has 0 saturated heterocycles. The number of rotatable bonds is 5. The minimum atomic E-state index is -0.919. The van der Waals surface area contributed by atoms with E-state index in [9.17, 15) is 4.79 Å². The van der Waals surface area contributed by atoms with Gasteiger partial charge in [0.1, 0.15) is 0 Å². The molecule has 0 spiro atoms. The Morgan fingerprint density at radius 3 is 2.87 bits per heavy atom. The molecule has 1 N–H and O–H groups in total. The summed E-state index contributed by atoms with van der Waals surface area (Å²) in [5.41, 5.74) is 0.251. The van der Waals surface area contributed by atoms with Crippen LogP contribution in [0.4, 0.5) is 0 Å². The average Bonchev–Trinajstić information content (AvgIpc) is 3.02. The number of nitrogens with zero attached hydrogens (tertiary/aromatic N) is 1. The Kier molecular flexibility index (Phi) is 3.26. The number of carboxylic acids is 1. The first-order valence-electron chi connectivity index (χ1n) is 5.08. The molecule has 0 aromatic carbocycles. The summed E-state index contributed by atoms with van der Waals surface area (Å²) in [6.45, 7) is 0.